The fourth-order valence-electron chi connectivity index (χ4n) is 3.51. The molecular formula is C25H21ClN2O2. The Morgan fingerprint density at radius 2 is 1.73 bits per heavy atom. The van der Waals surface area contributed by atoms with Crippen LogP contribution in [0, 0.1) is 0 Å². The van der Waals surface area contributed by atoms with Crippen molar-refractivity contribution in [2.24, 2.45) is 0 Å². The molecule has 30 heavy (non-hydrogen) atoms. The van der Waals surface area contributed by atoms with Crippen LogP contribution in [0.4, 0.5) is 0 Å². The van der Waals surface area contributed by atoms with Gasteiger partial charge >= 0.3 is 0 Å². The summed E-state index contributed by atoms with van der Waals surface area (Å²) in [5.41, 5.74) is 3.04. The minimum absolute atomic E-state index is 0.0661. The van der Waals surface area contributed by atoms with Gasteiger partial charge in [-0.1, -0.05) is 72.3 Å². The second kappa shape index (κ2) is 8.97. The van der Waals surface area contributed by atoms with Gasteiger partial charge in [-0.3, -0.25) is 9.78 Å². The Morgan fingerprint density at radius 1 is 0.967 bits per heavy atom. The number of halogens is 1. The van der Waals surface area contributed by atoms with Gasteiger partial charge in [0.15, 0.2) is 0 Å². The van der Waals surface area contributed by atoms with Crippen molar-refractivity contribution in [1.82, 2.24) is 10.3 Å². The predicted molar refractivity (Wildman–Crippen MR) is 120 cm³/mol. The number of hydrogen-bond donors (Lipinski definition) is 2. The molecule has 1 aromatic heterocycles. The van der Waals surface area contributed by atoms with E-state index in [-0.39, 0.29) is 11.7 Å². The smallest absolute Gasteiger partial charge is 0.221 e. The average Bonchev–Trinajstić information content (AvgIpc) is 2.78. The largest absolute Gasteiger partial charge is 0.505 e. The molecule has 0 aliphatic rings. The van der Waals surface area contributed by atoms with Crippen LogP contribution in [0.1, 0.15) is 29.2 Å². The Labute approximate surface area is 180 Å². The number of phenols is 1. The first-order valence-electron chi connectivity index (χ1n) is 9.77. The molecule has 0 aliphatic heterocycles. The molecule has 4 nitrogen and oxygen atoms in total. The fourth-order valence-corrected chi connectivity index (χ4v) is 3.64. The predicted octanol–water partition coefficient (Wildman–Crippen LogP) is 5.43. The number of aromatic nitrogens is 1. The molecule has 4 rings (SSSR count). The molecule has 1 atom stereocenters. The zero-order chi connectivity index (χ0) is 20.9. The highest BCUT2D eigenvalue weighted by Gasteiger charge is 2.21. The zero-order valence-electron chi connectivity index (χ0n) is 16.3. The third-order valence-electron chi connectivity index (χ3n) is 5.08. The summed E-state index contributed by atoms with van der Waals surface area (Å²) in [6.45, 7) is 0. The second-order valence-corrected chi connectivity index (χ2v) is 7.55. The van der Waals surface area contributed by atoms with Gasteiger partial charge in [-0.25, -0.2) is 0 Å². The lowest BCUT2D eigenvalue weighted by atomic mass is 9.96. The van der Waals surface area contributed by atoms with Gasteiger partial charge in [0.1, 0.15) is 11.3 Å². The van der Waals surface area contributed by atoms with E-state index in [0.717, 1.165) is 16.5 Å². The maximum atomic E-state index is 12.8. The molecule has 0 spiro atoms. The number of aryl methyl sites for hydroxylation is 1. The fraction of sp³-hybridized carbons (Fsp3) is 0.120. The third-order valence-corrected chi connectivity index (χ3v) is 5.33. The lowest BCUT2D eigenvalue weighted by Crippen LogP contribution is -2.29. The molecule has 4 aromatic rings. The summed E-state index contributed by atoms with van der Waals surface area (Å²) in [5, 5.41) is 15.4. The molecule has 0 aliphatic carbocycles. The van der Waals surface area contributed by atoms with Crippen LogP contribution in [0.5, 0.6) is 5.75 Å². The molecule has 2 N–H and O–H groups in total. The highest BCUT2D eigenvalue weighted by atomic mass is 35.5. The molecule has 0 radical (unpaired) electrons. The summed E-state index contributed by atoms with van der Waals surface area (Å²) >= 11 is 6.05. The maximum Gasteiger partial charge on any atom is 0.221 e. The minimum atomic E-state index is -0.517. The van der Waals surface area contributed by atoms with E-state index in [4.69, 9.17) is 11.6 Å². The normalized spacial score (nSPS) is 11.9. The standard InChI is InChI=1S/C25H21ClN2O2/c26-20-12-9-19(10-13-20)23(28-22(29)15-8-17-5-2-1-3-6-17)21-14-11-18-7-4-16-27-24(18)25(21)30/h1-7,9-14,16,23,30H,8,15H2,(H,28,29)/t23-/m1/s1. The summed E-state index contributed by atoms with van der Waals surface area (Å²) in [4.78, 5) is 17.1. The number of fused-ring (bicyclic) bond motifs is 1. The first-order chi connectivity index (χ1) is 14.6. The van der Waals surface area contributed by atoms with Crippen molar-refractivity contribution in [1.29, 1.82) is 0 Å². The Hall–Kier alpha value is -3.37. The number of rotatable bonds is 6. The van der Waals surface area contributed by atoms with E-state index >= 15 is 0 Å². The van der Waals surface area contributed by atoms with Crippen LogP contribution in [-0.2, 0) is 11.2 Å². The molecule has 3 aromatic carbocycles. The van der Waals surface area contributed by atoms with E-state index in [1.807, 2.05) is 66.7 Å². The van der Waals surface area contributed by atoms with Crippen molar-refractivity contribution < 1.29 is 9.90 Å². The van der Waals surface area contributed by atoms with Crippen molar-refractivity contribution in [2.45, 2.75) is 18.9 Å². The summed E-state index contributed by atoms with van der Waals surface area (Å²) < 4.78 is 0. The van der Waals surface area contributed by atoms with Crippen LogP contribution in [0.3, 0.4) is 0 Å². The summed E-state index contributed by atoms with van der Waals surface area (Å²) in [6.07, 6.45) is 2.63. The number of nitrogens with zero attached hydrogens (tertiary/aromatic N) is 1. The van der Waals surface area contributed by atoms with Gasteiger partial charge < -0.3 is 10.4 Å². The van der Waals surface area contributed by atoms with Crippen molar-refractivity contribution in [3.8, 4) is 5.75 Å². The van der Waals surface area contributed by atoms with E-state index in [2.05, 4.69) is 10.3 Å². The van der Waals surface area contributed by atoms with Crippen molar-refractivity contribution in [2.75, 3.05) is 0 Å². The summed E-state index contributed by atoms with van der Waals surface area (Å²) in [5.74, 6) is -0.0317. The maximum absolute atomic E-state index is 12.8. The van der Waals surface area contributed by atoms with Gasteiger partial charge in [0.25, 0.3) is 0 Å². The van der Waals surface area contributed by atoms with Crippen molar-refractivity contribution in [3.63, 3.8) is 0 Å². The Bertz CT molecular complexity index is 1160. The van der Waals surface area contributed by atoms with E-state index < -0.39 is 6.04 Å². The summed E-state index contributed by atoms with van der Waals surface area (Å²) in [6, 6.07) is 24.1. The number of aromatic hydroxyl groups is 1. The number of benzene rings is 3. The van der Waals surface area contributed by atoms with Crippen LogP contribution < -0.4 is 5.32 Å². The molecule has 0 saturated heterocycles. The quantitative estimate of drug-likeness (QED) is 0.440. The van der Waals surface area contributed by atoms with Crippen LogP contribution >= 0.6 is 11.6 Å². The molecule has 0 bridgehead atoms. The monoisotopic (exact) mass is 416 g/mol. The molecule has 0 fully saturated rings. The number of carbonyl (C=O) groups excluding carboxylic acids is 1. The highest BCUT2D eigenvalue weighted by molar-refractivity contribution is 6.30. The molecule has 0 saturated carbocycles. The Morgan fingerprint density at radius 3 is 2.50 bits per heavy atom. The number of nitrogens with one attached hydrogen (secondary N) is 1. The number of phenolic OH excluding ortho intramolecular Hbond substituents is 1. The van der Waals surface area contributed by atoms with E-state index in [1.165, 1.54) is 0 Å². The van der Waals surface area contributed by atoms with Crippen LogP contribution in [0.25, 0.3) is 10.9 Å². The summed E-state index contributed by atoms with van der Waals surface area (Å²) in [7, 11) is 0. The first kappa shape index (κ1) is 19.9. The molecule has 5 heteroatoms. The first-order valence-corrected chi connectivity index (χ1v) is 10.1. The van der Waals surface area contributed by atoms with Gasteiger partial charge in [0.2, 0.25) is 5.91 Å². The molecular weight excluding hydrogens is 396 g/mol. The molecule has 0 unspecified atom stereocenters. The van der Waals surface area contributed by atoms with Gasteiger partial charge in [-0.2, -0.15) is 0 Å². The van der Waals surface area contributed by atoms with Gasteiger partial charge in [0, 0.05) is 28.6 Å². The topological polar surface area (TPSA) is 62.2 Å². The van der Waals surface area contributed by atoms with Crippen molar-refractivity contribution >= 4 is 28.4 Å². The Kier molecular flexibility index (Phi) is 5.96. The van der Waals surface area contributed by atoms with Gasteiger partial charge in [-0.15, -0.1) is 0 Å². The number of carbonyl (C=O) groups is 1. The van der Waals surface area contributed by atoms with E-state index in [9.17, 15) is 9.90 Å². The SMILES string of the molecule is O=C(CCc1ccccc1)N[C@H](c1ccc(Cl)cc1)c1ccc2cccnc2c1O. The molecule has 1 amide bonds. The molecule has 150 valence electrons. The van der Waals surface area contributed by atoms with Crippen LogP contribution in [0.2, 0.25) is 5.02 Å². The number of amides is 1. The van der Waals surface area contributed by atoms with Crippen LogP contribution in [0.15, 0.2) is 85.1 Å². The van der Waals surface area contributed by atoms with E-state index in [1.54, 1.807) is 18.3 Å². The van der Waals surface area contributed by atoms with Crippen LogP contribution in [-0.4, -0.2) is 16.0 Å². The van der Waals surface area contributed by atoms with Gasteiger partial charge in [-0.05, 0) is 35.7 Å². The number of pyridine rings is 1. The van der Waals surface area contributed by atoms with Crippen molar-refractivity contribution in [3.05, 3.63) is 107 Å². The number of hydrogen-bond acceptors (Lipinski definition) is 3. The van der Waals surface area contributed by atoms with Gasteiger partial charge in [0.05, 0.1) is 6.04 Å². The lowest BCUT2D eigenvalue weighted by molar-refractivity contribution is -0.121. The lowest BCUT2D eigenvalue weighted by Gasteiger charge is -2.21. The minimum Gasteiger partial charge on any atom is -0.505 e. The zero-order valence-corrected chi connectivity index (χ0v) is 17.0. The highest BCUT2D eigenvalue weighted by Crippen LogP contribution is 2.34. The Balaban J connectivity index is 1.64. The average molecular weight is 417 g/mol. The molecule has 1 heterocycles. The third kappa shape index (κ3) is 4.44. The van der Waals surface area contributed by atoms with E-state index in [0.29, 0.717) is 28.9 Å². The second-order valence-electron chi connectivity index (χ2n) is 7.12.